The molecular weight excluding hydrogens is 292 g/mol. The average molecular weight is 318 g/mol. The van der Waals surface area contributed by atoms with E-state index in [1.54, 1.807) is 0 Å². The van der Waals surface area contributed by atoms with Gasteiger partial charge in [0.15, 0.2) is 0 Å². The Balaban J connectivity index is 1.46. The smallest absolute Gasteiger partial charge is 0.317 e. The quantitative estimate of drug-likeness (QED) is 0.926. The third kappa shape index (κ3) is 4.45. The van der Waals surface area contributed by atoms with Gasteiger partial charge in [-0.25, -0.2) is 4.79 Å². The minimum Gasteiger partial charge on any atom is -0.376 e. The van der Waals surface area contributed by atoms with E-state index in [1.807, 2.05) is 17.9 Å². The predicted molar refractivity (Wildman–Crippen MR) is 88.4 cm³/mol. The van der Waals surface area contributed by atoms with E-state index in [9.17, 15) is 4.79 Å². The fraction of sp³-hybridized carbons (Fsp3) is 0.611. The molecule has 2 saturated heterocycles. The molecule has 2 amide bonds. The van der Waals surface area contributed by atoms with Gasteiger partial charge in [-0.2, -0.15) is 0 Å². The van der Waals surface area contributed by atoms with Crippen molar-refractivity contribution in [3.8, 4) is 0 Å². The second-order valence-electron chi connectivity index (χ2n) is 6.38. The zero-order valence-corrected chi connectivity index (χ0v) is 13.7. The number of nitrogens with one attached hydrogen (secondary N) is 1. The maximum Gasteiger partial charge on any atom is 0.317 e. The van der Waals surface area contributed by atoms with Crippen molar-refractivity contribution in [1.29, 1.82) is 0 Å². The number of carbonyl (C=O) groups excluding carboxylic acids is 1. The molecule has 5 nitrogen and oxygen atoms in total. The Hall–Kier alpha value is -1.59. The molecule has 3 rings (SSSR count). The van der Waals surface area contributed by atoms with E-state index in [-0.39, 0.29) is 24.3 Å². The highest BCUT2D eigenvalue weighted by Crippen LogP contribution is 2.15. The van der Waals surface area contributed by atoms with Crippen LogP contribution in [0.25, 0.3) is 0 Å². The first-order valence-electron chi connectivity index (χ1n) is 8.55. The van der Waals surface area contributed by atoms with Crippen LogP contribution < -0.4 is 5.32 Å². The van der Waals surface area contributed by atoms with Crippen LogP contribution in [0.2, 0.25) is 0 Å². The van der Waals surface area contributed by atoms with E-state index < -0.39 is 0 Å². The van der Waals surface area contributed by atoms with Gasteiger partial charge in [0, 0.05) is 19.7 Å². The molecule has 1 aromatic carbocycles. The number of ether oxygens (including phenoxy) is 2. The topological polar surface area (TPSA) is 50.8 Å². The summed E-state index contributed by atoms with van der Waals surface area (Å²) >= 11 is 0. The molecule has 0 bridgehead atoms. The van der Waals surface area contributed by atoms with Crippen molar-refractivity contribution in [1.82, 2.24) is 10.2 Å². The summed E-state index contributed by atoms with van der Waals surface area (Å²) in [5, 5.41) is 3.10. The van der Waals surface area contributed by atoms with E-state index in [2.05, 4.69) is 29.6 Å². The van der Waals surface area contributed by atoms with Crippen LogP contribution >= 0.6 is 0 Å². The lowest BCUT2D eigenvalue weighted by Crippen LogP contribution is -2.53. The van der Waals surface area contributed by atoms with Gasteiger partial charge in [-0.3, -0.25) is 0 Å². The molecule has 23 heavy (non-hydrogen) atoms. The van der Waals surface area contributed by atoms with Gasteiger partial charge >= 0.3 is 6.03 Å². The molecular formula is C18H26N2O3. The molecule has 0 unspecified atom stereocenters. The highest BCUT2D eigenvalue weighted by molar-refractivity contribution is 5.74. The van der Waals surface area contributed by atoms with Gasteiger partial charge in [-0.15, -0.1) is 0 Å². The number of morpholine rings is 1. The maximum absolute atomic E-state index is 12.4. The van der Waals surface area contributed by atoms with Crippen LogP contribution in [0, 0.1) is 0 Å². The van der Waals surface area contributed by atoms with Gasteiger partial charge in [0.1, 0.15) is 0 Å². The fourth-order valence-electron chi connectivity index (χ4n) is 3.22. The number of urea groups is 1. The molecule has 2 aliphatic heterocycles. The third-order valence-electron chi connectivity index (χ3n) is 4.71. The minimum absolute atomic E-state index is 0.0142. The maximum atomic E-state index is 12.4. The number of nitrogens with zero attached hydrogens (tertiary/aromatic N) is 1. The summed E-state index contributed by atoms with van der Waals surface area (Å²) in [7, 11) is 0. The van der Waals surface area contributed by atoms with Crippen LogP contribution in [-0.2, 0) is 15.9 Å². The van der Waals surface area contributed by atoms with Crippen molar-refractivity contribution in [2.75, 3.05) is 26.3 Å². The first kappa shape index (κ1) is 16.3. The zero-order valence-electron chi connectivity index (χ0n) is 13.7. The molecule has 126 valence electrons. The molecule has 0 aliphatic carbocycles. The summed E-state index contributed by atoms with van der Waals surface area (Å²) in [4.78, 5) is 14.3. The Labute approximate surface area is 137 Å². The zero-order chi connectivity index (χ0) is 16.1. The molecule has 0 spiro atoms. The second kappa shape index (κ2) is 7.79. The number of hydrogen-bond donors (Lipinski definition) is 1. The Kier molecular flexibility index (Phi) is 5.51. The lowest BCUT2D eigenvalue weighted by molar-refractivity contribution is -0.0182. The lowest BCUT2D eigenvalue weighted by Gasteiger charge is -2.34. The van der Waals surface area contributed by atoms with Crippen LogP contribution in [0.1, 0.15) is 25.3 Å². The molecule has 3 atom stereocenters. The first-order chi connectivity index (χ1) is 11.2. The summed E-state index contributed by atoms with van der Waals surface area (Å²) in [5.41, 5.74) is 1.31. The van der Waals surface area contributed by atoms with Crippen molar-refractivity contribution in [3.05, 3.63) is 35.9 Å². The molecule has 2 aliphatic rings. The summed E-state index contributed by atoms with van der Waals surface area (Å²) in [6, 6.07) is 10.6. The van der Waals surface area contributed by atoms with Gasteiger partial charge in [0.2, 0.25) is 0 Å². The molecule has 1 N–H and O–H groups in total. The van der Waals surface area contributed by atoms with Crippen LogP contribution in [0.5, 0.6) is 0 Å². The Bertz CT molecular complexity index is 508. The van der Waals surface area contributed by atoms with E-state index in [0.717, 1.165) is 25.9 Å². The molecule has 0 radical (unpaired) electrons. The highest BCUT2D eigenvalue weighted by Gasteiger charge is 2.29. The normalized spacial score (nSPS) is 27.9. The van der Waals surface area contributed by atoms with Crippen molar-refractivity contribution in [3.63, 3.8) is 0 Å². The van der Waals surface area contributed by atoms with Crippen LogP contribution in [-0.4, -0.2) is 55.5 Å². The van der Waals surface area contributed by atoms with Crippen molar-refractivity contribution < 1.29 is 14.3 Å². The first-order valence-corrected chi connectivity index (χ1v) is 8.55. The SMILES string of the molecule is C[C@@H]1OCC[C@H]1NC(=O)N1CCO[C@@H](CCc2ccccc2)C1. The monoisotopic (exact) mass is 318 g/mol. The van der Waals surface area contributed by atoms with Gasteiger partial charge in [-0.05, 0) is 31.7 Å². The van der Waals surface area contributed by atoms with Crippen molar-refractivity contribution >= 4 is 6.03 Å². The highest BCUT2D eigenvalue weighted by atomic mass is 16.5. The molecule has 2 fully saturated rings. The van der Waals surface area contributed by atoms with Crippen LogP contribution in [0.15, 0.2) is 30.3 Å². The predicted octanol–water partition coefficient (Wildman–Crippen LogP) is 2.21. The molecule has 2 heterocycles. The Morgan fingerprint density at radius 3 is 2.83 bits per heavy atom. The Morgan fingerprint density at radius 1 is 1.26 bits per heavy atom. The molecule has 0 saturated carbocycles. The summed E-state index contributed by atoms with van der Waals surface area (Å²) in [6.07, 6.45) is 3.04. The fourth-order valence-corrected chi connectivity index (χ4v) is 3.22. The van der Waals surface area contributed by atoms with Gasteiger partial charge in [0.05, 0.1) is 24.9 Å². The number of rotatable bonds is 4. The number of carbonyl (C=O) groups is 1. The van der Waals surface area contributed by atoms with Crippen molar-refractivity contribution in [2.24, 2.45) is 0 Å². The van der Waals surface area contributed by atoms with E-state index >= 15 is 0 Å². The summed E-state index contributed by atoms with van der Waals surface area (Å²) in [5.74, 6) is 0. The molecule has 1 aromatic rings. The van der Waals surface area contributed by atoms with Gasteiger partial charge in [-0.1, -0.05) is 30.3 Å². The molecule has 5 heteroatoms. The number of amides is 2. The van der Waals surface area contributed by atoms with E-state index in [0.29, 0.717) is 19.7 Å². The minimum atomic E-state index is 0.0142. The number of benzene rings is 1. The molecule has 0 aromatic heterocycles. The number of hydrogen-bond acceptors (Lipinski definition) is 3. The average Bonchev–Trinajstić information content (AvgIpc) is 2.99. The summed E-state index contributed by atoms with van der Waals surface area (Å²) in [6.45, 7) is 4.69. The van der Waals surface area contributed by atoms with E-state index in [1.165, 1.54) is 5.56 Å². The Morgan fingerprint density at radius 2 is 2.09 bits per heavy atom. The van der Waals surface area contributed by atoms with Crippen molar-refractivity contribution in [2.45, 2.75) is 44.4 Å². The van der Waals surface area contributed by atoms with Gasteiger partial charge < -0.3 is 19.7 Å². The van der Waals surface area contributed by atoms with E-state index in [4.69, 9.17) is 9.47 Å². The second-order valence-corrected chi connectivity index (χ2v) is 6.38. The van der Waals surface area contributed by atoms with Crippen LogP contribution in [0.3, 0.4) is 0 Å². The lowest BCUT2D eigenvalue weighted by atomic mass is 10.1. The van der Waals surface area contributed by atoms with Crippen LogP contribution in [0.4, 0.5) is 4.79 Å². The summed E-state index contributed by atoms with van der Waals surface area (Å²) < 4.78 is 11.3. The largest absolute Gasteiger partial charge is 0.376 e. The number of aryl methyl sites for hydroxylation is 1. The standard InChI is InChI=1S/C18H26N2O3/c1-14-17(9-11-22-14)19-18(21)20-10-12-23-16(13-20)8-7-15-5-3-2-4-6-15/h2-6,14,16-17H,7-13H2,1H3,(H,19,21)/t14-,16-,17+/m0/s1. The van der Waals surface area contributed by atoms with Gasteiger partial charge in [0.25, 0.3) is 0 Å². The third-order valence-corrected chi connectivity index (χ3v) is 4.71.